The number of halogens is 1. The lowest BCUT2D eigenvalue weighted by Crippen LogP contribution is -2.43. The van der Waals surface area contributed by atoms with Crippen molar-refractivity contribution in [2.45, 2.75) is 84.0 Å². The molecule has 0 aliphatic heterocycles. The summed E-state index contributed by atoms with van der Waals surface area (Å²) < 4.78 is 6.34. The molecule has 0 radical (unpaired) electrons. The number of hydrogen-bond acceptors (Lipinski definition) is 1. The Morgan fingerprint density at radius 3 is 2.06 bits per heavy atom. The van der Waals surface area contributed by atoms with E-state index in [1.54, 1.807) is 0 Å². The molecule has 0 fully saturated rings. The first-order valence-electron chi connectivity index (χ1n) is 6.94. The van der Waals surface area contributed by atoms with Gasteiger partial charge in [0.25, 0.3) is 0 Å². The summed E-state index contributed by atoms with van der Waals surface area (Å²) in [5, 5.41) is 1.47. The molecule has 0 aliphatic carbocycles. The summed E-state index contributed by atoms with van der Waals surface area (Å²) in [7, 11) is -1.55. The van der Waals surface area contributed by atoms with Crippen LogP contribution in [0.3, 0.4) is 0 Å². The van der Waals surface area contributed by atoms with E-state index in [2.05, 4.69) is 56.7 Å². The van der Waals surface area contributed by atoms with Crippen LogP contribution in [0.4, 0.5) is 0 Å². The van der Waals surface area contributed by atoms with Crippen molar-refractivity contribution in [2.75, 3.05) is 5.33 Å². The van der Waals surface area contributed by atoms with Crippen LogP contribution in [-0.4, -0.2) is 19.8 Å². The van der Waals surface area contributed by atoms with Gasteiger partial charge < -0.3 is 4.43 Å². The molecule has 0 amide bonds. The van der Waals surface area contributed by atoms with Crippen LogP contribution in [-0.2, 0) is 4.43 Å². The maximum atomic E-state index is 6.34. The maximum absolute atomic E-state index is 6.34. The van der Waals surface area contributed by atoms with Crippen LogP contribution >= 0.6 is 15.9 Å². The first-order chi connectivity index (χ1) is 7.70. The molecule has 0 bridgehead atoms. The van der Waals surface area contributed by atoms with Gasteiger partial charge in [-0.1, -0.05) is 56.0 Å². The monoisotopic (exact) mass is 322 g/mol. The largest absolute Gasteiger partial charge is 0.414 e. The standard InChI is InChI=1S/C14H31BrOSi/c1-13(11-9-7-8-10-12-15)16-17(5,6)14(2,3)4/h13H,7-12H2,1-6H3/t13-/m1/s1. The summed E-state index contributed by atoms with van der Waals surface area (Å²) in [5.41, 5.74) is 0. The van der Waals surface area contributed by atoms with Crippen molar-refractivity contribution in [1.82, 2.24) is 0 Å². The zero-order valence-corrected chi connectivity index (χ0v) is 15.2. The highest BCUT2D eigenvalue weighted by atomic mass is 79.9. The molecule has 0 aromatic heterocycles. The van der Waals surface area contributed by atoms with Crippen molar-refractivity contribution in [3.05, 3.63) is 0 Å². The number of hydrogen-bond donors (Lipinski definition) is 0. The van der Waals surface area contributed by atoms with Gasteiger partial charge in [-0.2, -0.15) is 0 Å². The number of rotatable bonds is 8. The quantitative estimate of drug-likeness (QED) is 0.314. The molecule has 104 valence electrons. The van der Waals surface area contributed by atoms with Gasteiger partial charge in [0, 0.05) is 11.4 Å². The first-order valence-corrected chi connectivity index (χ1v) is 11.0. The fourth-order valence-corrected chi connectivity index (χ4v) is 3.49. The van der Waals surface area contributed by atoms with Gasteiger partial charge in [0.2, 0.25) is 0 Å². The molecule has 0 N–H and O–H groups in total. The minimum absolute atomic E-state index is 0.331. The van der Waals surface area contributed by atoms with Gasteiger partial charge in [-0.05, 0) is 37.9 Å². The Morgan fingerprint density at radius 2 is 1.59 bits per heavy atom. The summed E-state index contributed by atoms with van der Waals surface area (Å²) in [4.78, 5) is 0. The third-order valence-corrected chi connectivity index (χ3v) is 8.96. The Hall–Kier alpha value is 0.657. The lowest BCUT2D eigenvalue weighted by molar-refractivity contribution is 0.185. The molecule has 0 unspecified atom stereocenters. The van der Waals surface area contributed by atoms with E-state index in [-0.39, 0.29) is 0 Å². The van der Waals surface area contributed by atoms with Gasteiger partial charge >= 0.3 is 0 Å². The second kappa shape index (κ2) is 7.95. The third kappa shape index (κ3) is 7.63. The van der Waals surface area contributed by atoms with Crippen molar-refractivity contribution >= 4 is 24.2 Å². The molecule has 0 saturated carbocycles. The highest BCUT2D eigenvalue weighted by molar-refractivity contribution is 9.09. The molecule has 0 aromatic rings. The van der Waals surface area contributed by atoms with Crippen LogP contribution in [0.15, 0.2) is 0 Å². The Kier molecular flexibility index (Phi) is 8.26. The Bertz CT molecular complexity index is 199. The summed E-state index contributed by atoms with van der Waals surface area (Å²) in [6.45, 7) is 13.8. The van der Waals surface area contributed by atoms with Crippen LogP contribution in [0.1, 0.15) is 59.8 Å². The van der Waals surface area contributed by atoms with Gasteiger partial charge in [0.15, 0.2) is 8.32 Å². The SMILES string of the molecule is C[C@H](CCCCCCBr)O[Si](C)(C)C(C)(C)C. The van der Waals surface area contributed by atoms with Crippen molar-refractivity contribution in [1.29, 1.82) is 0 Å². The summed E-state index contributed by atoms with van der Waals surface area (Å²) >= 11 is 3.47. The van der Waals surface area contributed by atoms with E-state index in [9.17, 15) is 0 Å². The van der Waals surface area contributed by atoms with Crippen molar-refractivity contribution in [3.63, 3.8) is 0 Å². The normalized spacial score (nSPS) is 15.0. The smallest absolute Gasteiger partial charge is 0.192 e. The predicted molar refractivity (Wildman–Crippen MR) is 84.6 cm³/mol. The molecular formula is C14H31BrOSi. The molecule has 0 saturated heterocycles. The van der Waals surface area contributed by atoms with E-state index in [1.165, 1.54) is 32.1 Å². The van der Waals surface area contributed by atoms with E-state index < -0.39 is 8.32 Å². The van der Waals surface area contributed by atoms with E-state index in [1.807, 2.05) is 0 Å². The van der Waals surface area contributed by atoms with Gasteiger partial charge in [0.05, 0.1) is 0 Å². The summed E-state index contributed by atoms with van der Waals surface area (Å²) in [6.07, 6.45) is 6.95. The molecule has 1 nitrogen and oxygen atoms in total. The van der Waals surface area contributed by atoms with Gasteiger partial charge in [-0.3, -0.25) is 0 Å². The Labute approximate surface area is 118 Å². The summed E-state index contributed by atoms with van der Waals surface area (Å²) in [6, 6.07) is 0. The molecular weight excluding hydrogens is 292 g/mol. The fourth-order valence-electron chi connectivity index (χ4n) is 1.62. The van der Waals surface area contributed by atoms with Crippen LogP contribution in [0, 0.1) is 0 Å². The average Bonchev–Trinajstić information content (AvgIpc) is 2.14. The molecule has 17 heavy (non-hydrogen) atoms. The van der Waals surface area contributed by atoms with E-state index >= 15 is 0 Å². The van der Waals surface area contributed by atoms with Crippen LogP contribution < -0.4 is 0 Å². The first kappa shape index (κ1) is 17.7. The topological polar surface area (TPSA) is 9.23 Å². The second-order valence-corrected chi connectivity index (χ2v) is 12.1. The van der Waals surface area contributed by atoms with Crippen LogP contribution in [0.2, 0.25) is 18.1 Å². The molecule has 0 spiro atoms. The molecule has 0 rings (SSSR count). The van der Waals surface area contributed by atoms with Gasteiger partial charge in [0.1, 0.15) is 0 Å². The number of unbranched alkanes of at least 4 members (excludes halogenated alkanes) is 3. The highest BCUT2D eigenvalue weighted by Gasteiger charge is 2.38. The average molecular weight is 323 g/mol. The second-order valence-electron chi connectivity index (χ2n) is 6.58. The molecule has 0 heterocycles. The third-order valence-electron chi connectivity index (χ3n) is 3.80. The lowest BCUT2D eigenvalue weighted by Gasteiger charge is -2.38. The fraction of sp³-hybridized carbons (Fsp3) is 1.00. The zero-order chi connectivity index (χ0) is 13.5. The zero-order valence-electron chi connectivity index (χ0n) is 12.6. The number of alkyl halides is 1. The Morgan fingerprint density at radius 1 is 1.06 bits per heavy atom. The Balaban J connectivity index is 3.82. The van der Waals surface area contributed by atoms with E-state index in [0.717, 1.165) is 5.33 Å². The van der Waals surface area contributed by atoms with Crippen LogP contribution in [0.5, 0.6) is 0 Å². The molecule has 3 heteroatoms. The van der Waals surface area contributed by atoms with Crippen molar-refractivity contribution < 1.29 is 4.43 Å². The van der Waals surface area contributed by atoms with Gasteiger partial charge in [-0.25, -0.2) is 0 Å². The molecule has 1 atom stereocenters. The summed E-state index contributed by atoms with van der Waals surface area (Å²) in [5.74, 6) is 0. The van der Waals surface area contributed by atoms with Crippen LogP contribution in [0.25, 0.3) is 0 Å². The van der Waals surface area contributed by atoms with Gasteiger partial charge in [-0.15, -0.1) is 0 Å². The minimum atomic E-state index is -1.55. The predicted octanol–water partition coefficient (Wildman–Crippen LogP) is 5.74. The highest BCUT2D eigenvalue weighted by Crippen LogP contribution is 2.37. The molecule has 0 aromatic carbocycles. The van der Waals surface area contributed by atoms with Crippen molar-refractivity contribution in [3.8, 4) is 0 Å². The molecule has 0 aliphatic rings. The van der Waals surface area contributed by atoms with Crippen molar-refractivity contribution in [2.24, 2.45) is 0 Å². The van der Waals surface area contributed by atoms with E-state index in [0.29, 0.717) is 11.1 Å². The van der Waals surface area contributed by atoms with E-state index in [4.69, 9.17) is 4.43 Å². The maximum Gasteiger partial charge on any atom is 0.192 e. The minimum Gasteiger partial charge on any atom is -0.414 e. The lowest BCUT2D eigenvalue weighted by atomic mass is 10.1.